The second-order valence-corrected chi connectivity index (χ2v) is 7.38. The number of fused-ring (bicyclic) bond motifs is 1. The quantitative estimate of drug-likeness (QED) is 0.492. The molecule has 0 spiro atoms. The molecule has 4 aromatic rings. The highest BCUT2D eigenvalue weighted by molar-refractivity contribution is 7.07. The molecule has 1 aromatic carbocycles. The van der Waals surface area contributed by atoms with Gasteiger partial charge in [0.25, 0.3) is 5.56 Å². The van der Waals surface area contributed by atoms with E-state index in [1.807, 2.05) is 54.1 Å². The summed E-state index contributed by atoms with van der Waals surface area (Å²) < 4.78 is 4.49. The van der Waals surface area contributed by atoms with Gasteiger partial charge in [-0.25, -0.2) is 4.98 Å². The van der Waals surface area contributed by atoms with Crippen LogP contribution in [-0.4, -0.2) is 19.1 Å². The van der Waals surface area contributed by atoms with Crippen molar-refractivity contribution >= 4 is 34.0 Å². The fourth-order valence-electron chi connectivity index (χ4n) is 3.16. The highest BCUT2D eigenvalue weighted by Gasteiger charge is 2.16. The number of para-hydroxylation sites is 2. The first kappa shape index (κ1) is 18.6. The Morgan fingerprint density at radius 1 is 1.28 bits per heavy atom. The third kappa shape index (κ3) is 3.30. The van der Waals surface area contributed by atoms with Crippen LogP contribution < -0.4 is 14.8 Å². The van der Waals surface area contributed by atoms with Crippen molar-refractivity contribution in [3.05, 3.63) is 92.4 Å². The van der Waals surface area contributed by atoms with Gasteiger partial charge in [0.05, 0.1) is 21.3 Å². The van der Waals surface area contributed by atoms with Crippen molar-refractivity contribution < 1.29 is 0 Å². The van der Waals surface area contributed by atoms with Crippen molar-refractivity contribution in [3.8, 4) is 6.07 Å². The average molecular weight is 399 g/mol. The summed E-state index contributed by atoms with van der Waals surface area (Å²) in [6, 6.07) is 15.5. The molecule has 0 aliphatic carbocycles. The van der Waals surface area contributed by atoms with Crippen LogP contribution in [0.25, 0.3) is 22.7 Å². The van der Waals surface area contributed by atoms with Gasteiger partial charge < -0.3 is 4.57 Å². The fraction of sp³-hybridized carbons (Fsp3) is 0.0909. The molecule has 0 aliphatic rings. The molecule has 0 N–H and O–H groups in total. The normalized spacial score (nSPS) is 12.8. The standard InChI is InChI=1S/C22H17N5OS/c1-3-12-27-21(28)19(13-15-8-6-7-11-24-15)29-22(27)16(14-23)20-25-17-9-4-5-10-18(17)26(20)2/h3-11,13H,1,12H2,2H3/b19-13+,22-16+. The van der Waals surface area contributed by atoms with E-state index in [-0.39, 0.29) is 5.56 Å². The zero-order valence-electron chi connectivity index (χ0n) is 15.7. The second-order valence-electron chi connectivity index (χ2n) is 6.34. The van der Waals surface area contributed by atoms with Gasteiger partial charge in [-0.05, 0) is 30.3 Å². The molecule has 0 unspecified atom stereocenters. The maximum Gasteiger partial charge on any atom is 0.269 e. The maximum atomic E-state index is 13.0. The highest BCUT2D eigenvalue weighted by Crippen LogP contribution is 2.18. The van der Waals surface area contributed by atoms with Crippen LogP contribution >= 0.6 is 11.3 Å². The molecule has 0 saturated carbocycles. The van der Waals surface area contributed by atoms with Crippen LogP contribution in [0, 0.1) is 11.3 Å². The summed E-state index contributed by atoms with van der Waals surface area (Å²) in [5, 5.41) is 9.97. The van der Waals surface area contributed by atoms with Crippen molar-refractivity contribution in [2.45, 2.75) is 6.54 Å². The van der Waals surface area contributed by atoms with Crippen LogP contribution in [0.3, 0.4) is 0 Å². The lowest BCUT2D eigenvalue weighted by Crippen LogP contribution is -2.32. The minimum Gasteiger partial charge on any atom is -0.326 e. The van der Waals surface area contributed by atoms with E-state index >= 15 is 0 Å². The number of rotatable bonds is 4. The molecular formula is C22H17N5OS. The first-order valence-electron chi connectivity index (χ1n) is 8.93. The third-order valence-corrected chi connectivity index (χ3v) is 5.65. The van der Waals surface area contributed by atoms with Gasteiger partial charge in [0.15, 0.2) is 5.82 Å². The molecular weight excluding hydrogens is 382 g/mol. The average Bonchev–Trinajstić information content (AvgIpc) is 3.23. The number of benzene rings is 1. The Balaban J connectivity index is 2.07. The van der Waals surface area contributed by atoms with Crippen LogP contribution in [0.4, 0.5) is 0 Å². The first-order chi connectivity index (χ1) is 14.1. The number of hydrogen-bond donors (Lipinski definition) is 0. The monoisotopic (exact) mass is 399 g/mol. The summed E-state index contributed by atoms with van der Waals surface area (Å²) in [4.78, 5) is 21.9. The molecule has 3 aromatic heterocycles. The highest BCUT2D eigenvalue weighted by atomic mass is 32.1. The number of nitrogens with zero attached hydrogens (tertiary/aromatic N) is 5. The van der Waals surface area contributed by atoms with Crippen molar-refractivity contribution in [2.24, 2.45) is 7.05 Å². The van der Waals surface area contributed by atoms with E-state index in [1.54, 1.807) is 22.9 Å². The van der Waals surface area contributed by atoms with Gasteiger partial charge in [-0.2, -0.15) is 5.26 Å². The topological polar surface area (TPSA) is 76.5 Å². The van der Waals surface area contributed by atoms with E-state index in [0.29, 0.717) is 32.8 Å². The van der Waals surface area contributed by atoms with Crippen molar-refractivity contribution in [1.29, 1.82) is 5.26 Å². The van der Waals surface area contributed by atoms with E-state index in [9.17, 15) is 10.1 Å². The molecule has 0 bridgehead atoms. The van der Waals surface area contributed by atoms with Gasteiger partial charge in [0, 0.05) is 19.8 Å². The van der Waals surface area contributed by atoms with Gasteiger partial charge >= 0.3 is 0 Å². The summed E-state index contributed by atoms with van der Waals surface area (Å²) in [5.41, 5.74) is 2.58. The van der Waals surface area contributed by atoms with Crippen LogP contribution in [0.15, 0.2) is 66.1 Å². The predicted octanol–water partition coefficient (Wildman–Crippen LogP) is 1.93. The summed E-state index contributed by atoms with van der Waals surface area (Å²) in [6.07, 6.45) is 5.06. The first-order valence-corrected chi connectivity index (χ1v) is 9.75. The molecule has 4 rings (SSSR count). The lowest BCUT2D eigenvalue weighted by molar-refractivity contribution is 0.772. The van der Waals surface area contributed by atoms with E-state index in [2.05, 4.69) is 22.6 Å². The number of nitriles is 1. The lowest BCUT2D eigenvalue weighted by atomic mass is 10.3. The number of allylic oxidation sites excluding steroid dienone is 1. The Morgan fingerprint density at radius 2 is 2.07 bits per heavy atom. The minimum atomic E-state index is -0.179. The molecule has 142 valence electrons. The van der Waals surface area contributed by atoms with E-state index in [4.69, 9.17) is 0 Å². The number of aromatic nitrogens is 4. The van der Waals surface area contributed by atoms with E-state index < -0.39 is 0 Å². The lowest BCUT2D eigenvalue weighted by Gasteiger charge is -2.02. The number of hydrogen-bond acceptors (Lipinski definition) is 5. The molecule has 0 fully saturated rings. The maximum absolute atomic E-state index is 13.0. The van der Waals surface area contributed by atoms with Gasteiger partial charge in [0.1, 0.15) is 16.3 Å². The molecule has 0 atom stereocenters. The SMILES string of the molecule is C=CCn1c(=O)/c(=C\c2ccccn2)s/c1=C(\C#N)c1nc2ccccc2n1C. The summed E-state index contributed by atoms with van der Waals surface area (Å²) in [6.45, 7) is 4.05. The summed E-state index contributed by atoms with van der Waals surface area (Å²) in [5.74, 6) is 0.525. The Bertz CT molecular complexity index is 1430. The van der Waals surface area contributed by atoms with Crippen LogP contribution in [0.2, 0.25) is 0 Å². The van der Waals surface area contributed by atoms with Crippen LogP contribution in [-0.2, 0) is 13.6 Å². The molecule has 7 heteroatoms. The molecule has 3 heterocycles. The van der Waals surface area contributed by atoms with Crippen molar-refractivity contribution in [1.82, 2.24) is 19.1 Å². The zero-order chi connectivity index (χ0) is 20.4. The Morgan fingerprint density at radius 3 is 2.76 bits per heavy atom. The molecule has 0 aliphatic heterocycles. The number of thiazole rings is 1. The predicted molar refractivity (Wildman–Crippen MR) is 115 cm³/mol. The minimum absolute atomic E-state index is 0.179. The fourth-order valence-corrected chi connectivity index (χ4v) is 4.25. The van der Waals surface area contributed by atoms with Crippen molar-refractivity contribution in [2.75, 3.05) is 0 Å². The Kier molecular flexibility index (Phi) is 4.94. The van der Waals surface area contributed by atoms with Crippen LogP contribution in [0.5, 0.6) is 0 Å². The Hall–Kier alpha value is -3.76. The second kappa shape index (κ2) is 7.70. The Labute approximate surface area is 170 Å². The zero-order valence-corrected chi connectivity index (χ0v) is 16.6. The van der Waals surface area contributed by atoms with Gasteiger partial charge in [-0.1, -0.05) is 24.3 Å². The molecule has 29 heavy (non-hydrogen) atoms. The van der Waals surface area contributed by atoms with Gasteiger partial charge in [0.2, 0.25) is 0 Å². The smallest absolute Gasteiger partial charge is 0.269 e. The van der Waals surface area contributed by atoms with E-state index in [1.165, 1.54) is 11.3 Å². The van der Waals surface area contributed by atoms with Crippen molar-refractivity contribution in [3.63, 3.8) is 0 Å². The van der Waals surface area contributed by atoms with E-state index in [0.717, 1.165) is 11.0 Å². The number of aryl methyl sites for hydroxylation is 1. The summed E-state index contributed by atoms with van der Waals surface area (Å²) >= 11 is 1.26. The summed E-state index contributed by atoms with van der Waals surface area (Å²) in [7, 11) is 1.87. The number of imidazole rings is 1. The number of pyridine rings is 1. The largest absolute Gasteiger partial charge is 0.326 e. The third-order valence-electron chi connectivity index (χ3n) is 4.52. The molecule has 6 nitrogen and oxygen atoms in total. The van der Waals surface area contributed by atoms with Crippen LogP contribution in [0.1, 0.15) is 11.5 Å². The van der Waals surface area contributed by atoms with Gasteiger partial charge in [-0.3, -0.25) is 14.3 Å². The van der Waals surface area contributed by atoms with Gasteiger partial charge in [-0.15, -0.1) is 17.9 Å². The molecule has 0 saturated heterocycles. The molecule has 0 radical (unpaired) electrons. The molecule has 0 amide bonds.